The summed E-state index contributed by atoms with van der Waals surface area (Å²) in [5.41, 5.74) is 2.96. The fourth-order valence-electron chi connectivity index (χ4n) is 3.54. The number of benzene rings is 3. The van der Waals surface area contributed by atoms with Gasteiger partial charge in [0, 0.05) is 36.6 Å². The quantitative estimate of drug-likeness (QED) is 0.508. The van der Waals surface area contributed by atoms with Crippen molar-refractivity contribution in [3.8, 4) is 0 Å². The van der Waals surface area contributed by atoms with Crippen molar-refractivity contribution in [1.29, 1.82) is 0 Å². The molecule has 4 rings (SSSR count). The van der Waals surface area contributed by atoms with Crippen molar-refractivity contribution in [3.63, 3.8) is 0 Å². The van der Waals surface area contributed by atoms with Gasteiger partial charge < -0.3 is 10.2 Å². The van der Waals surface area contributed by atoms with E-state index in [2.05, 4.69) is 5.32 Å². The van der Waals surface area contributed by atoms with E-state index in [0.29, 0.717) is 34.4 Å². The van der Waals surface area contributed by atoms with Crippen molar-refractivity contribution < 1.29 is 9.59 Å². The molecule has 0 aliphatic carbocycles. The standard InChI is InChI=1S/C24H21Cl2N3O2/c25-21-12-7-18(15-22(21)26)23(30)27-19-8-10-20(11-9-19)29-14-4-13-28(24(29)31)16-17-5-2-1-3-6-17/h1-3,5-12,15H,4,13-14,16H2,(H,27,30). The molecule has 7 heteroatoms. The highest BCUT2D eigenvalue weighted by Crippen LogP contribution is 2.25. The van der Waals surface area contributed by atoms with Crippen molar-refractivity contribution in [2.24, 2.45) is 0 Å². The lowest BCUT2D eigenvalue weighted by Crippen LogP contribution is -2.49. The lowest BCUT2D eigenvalue weighted by molar-refractivity contribution is 0.102. The second-order valence-electron chi connectivity index (χ2n) is 7.32. The Labute approximate surface area is 191 Å². The summed E-state index contributed by atoms with van der Waals surface area (Å²) in [5, 5.41) is 3.56. The van der Waals surface area contributed by atoms with Crippen molar-refractivity contribution in [1.82, 2.24) is 4.90 Å². The Bertz CT molecular complexity index is 1090. The second-order valence-corrected chi connectivity index (χ2v) is 8.14. The van der Waals surface area contributed by atoms with E-state index >= 15 is 0 Å². The maximum absolute atomic E-state index is 13.0. The summed E-state index contributed by atoms with van der Waals surface area (Å²) in [7, 11) is 0. The molecule has 1 fully saturated rings. The van der Waals surface area contributed by atoms with E-state index in [4.69, 9.17) is 23.2 Å². The van der Waals surface area contributed by atoms with Crippen molar-refractivity contribution in [3.05, 3.63) is 94.0 Å². The largest absolute Gasteiger partial charge is 0.324 e. The molecular weight excluding hydrogens is 433 g/mol. The Balaban J connectivity index is 1.42. The highest BCUT2D eigenvalue weighted by molar-refractivity contribution is 6.42. The van der Waals surface area contributed by atoms with Gasteiger partial charge in [-0.25, -0.2) is 4.79 Å². The molecule has 3 aromatic carbocycles. The van der Waals surface area contributed by atoms with Crippen LogP contribution in [0.2, 0.25) is 10.0 Å². The predicted molar refractivity (Wildman–Crippen MR) is 125 cm³/mol. The molecule has 0 atom stereocenters. The lowest BCUT2D eigenvalue weighted by Gasteiger charge is -2.35. The molecule has 31 heavy (non-hydrogen) atoms. The molecule has 158 valence electrons. The molecule has 0 saturated carbocycles. The summed E-state index contributed by atoms with van der Waals surface area (Å²) in [5.74, 6) is -0.283. The van der Waals surface area contributed by atoms with Crippen LogP contribution in [0.25, 0.3) is 0 Å². The third-order valence-electron chi connectivity index (χ3n) is 5.15. The van der Waals surface area contributed by atoms with E-state index in [0.717, 1.165) is 24.2 Å². The van der Waals surface area contributed by atoms with Crippen LogP contribution in [0.15, 0.2) is 72.8 Å². The highest BCUT2D eigenvalue weighted by Gasteiger charge is 2.26. The first-order valence-electron chi connectivity index (χ1n) is 9.98. The van der Waals surface area contributed by atoms with Gasteiger partial charge >= 0.3 is 6.03 Å². The van der Waals surface area contributed by atoms with Gasteiger partial charge in [0.1, 0.15) is 0 Å². The fourth-order valence-corrected chi connectivity index (χ4v) is 3.84. The zero-order valence-corrected chi connectivity index (χ0v) is 18.2. The number of anilines is 2. The van der Waals surface area contributed by atoms with Gasteiger partial charge in [-0.05, 0) is 54.4 Å². The number of rotatable bonds is 5. The molecule has 0 aromatic heterocycles. The molecule has 1 N–H and O–H groups in total. The molecule has 1 heterocycles. The second kappa shape index (κ2) is 9.41. The third-order valence-corrected chi connectivity index (χ3v) is 5.89. The zero-order valence-electron chi connectivity index (χ0n) is 16.7. The Hall–Kier alpha value is -3.02. The molecule has 0 unspecified atom stereocenters. The van der Waals surface area contributed by atoms with Crippen molar-refractivity contribution in [2.45, 2.75) is 13.0 Å². The Morgan fingerprint density at radius 1 is 0.903 bits per heavy atom. The number of amides is 3. The molecule has 3 aromatic rings. The number of nitrogens with zero attached hydrogens (tertiary/aromatic N) is 2. The monoisotopic (exact) mass is 453 g/mol. The summed E-state index contributed by atoms with van der Waals surface area (Å²) in [6.07, 6.45) is 0.897. The first kappa shape index (κ1) is 21.2. The Morgan fingerprint density at radius 3 is 2.35 bits per heavy atom. The molecule has 3 amide bonds. The SMILES string of the molecule is O=C(Nc1ccc(N2CCCN(Cc3ccccc3)C2=O)cc1)c1ccc(Cl)c(Cl)c1. The lowest BCUT2D eigenvalue weighted by atomic mass is 10.1. The van der Waals surface area contributed by atoms with Crippen LogP contribution >= 0.6 is 23.2 Å². The minimum atomic E-state index is -0.283. The topological polar surface area (TPSA) is 52.7 Å². The summed E-state index contributed by atoms with van der Waals surface area (Å²) in [4.78, 5) is 29.1. The summed E-state index contributed by atoms with van der Waals surface area (Å²) >= 11 is 11.9. The van der Waals surface area contributed by atoms with Gasteiger partial charge in [-0.1, -0.05) is 53.5 Å². The molecule has 0 spiro atoms. The minimum absolute atomic E-state index is 0.0114. The predicted octanol–water partition coefficient (Wildman–Crippen LogP) is 6.08. The van der Waals surface area contributed by atoms with Gasteiger partial charge in [-0.3, -0.25) is 9.69 Å². The van der Waals surface area contributed by atoms with Gasteiger partial charge in [0.15, 0.2) is 0 Å². The van der Waals surface area contributed by atoms with E-state index < -0.39 is 0 Å². The maximum atomic E-state index is 13.0. The van der Waals surface area contributed by atoms with Gasteiger partial charge in [0.2, 0.25) is 0 Å². The van der Waals surface area contributed by atoms with E-state index in [1.54, 1.807) is 29.2 Å². The molecule has 0 radical (unpaired) electrons. The van der Waals surface area contributed by atoms with Crippen LogP contribution in [-0.4, -0.2) is 29.9 Å². The number of nitrogens with one attached hydrogen (secondary N) is 1. The number of carbonyl (C=O) groups excluding carboxylic acids is 2. The van der Waals surface area contributed by atoms with Gasteiger partial charge in [0.25, 0.3) is 5.91 Å². The minimum Gasteiger partial charge on any atom is -0.322 e. The van der Waals surface area contributed by atoms with Crippen molar-refractivity contribution in [2.75, 3.05) is 23.3 Å². The van der Waals surface area contributed by atoms with Crippen LogP contribution in [0.4, 0.5) is 16.2 Å². The number of urea groups is 1. The summed E-state index contributed by atoms with van der Waals surface area (Å²) in [6.45, 7) is 2.00. The molecular formula is C24H21Cl2N3O2. The van der Waals surface area contributed by atoms with Crippen LogP contribution in [0, 0.1) is 0 Å². The van der Waals surface area contributed by atoms with E-state index in [1.807, 2.05) is 47.4 Å². The van der Waals surface area contributed by atoms with Crippen molar-refractivity contribution >= 4 is 46.5 Å². The fraction of sp³-hybridized carbons (Fsp3) is 0.167. The average molecular weight is 454 g/mol. The van der Waals surface area contributed by atoms with E-state index in [1.165, 1.54) is 6.07 Å². The van der Waals surface area contributed by atoms with Gasteiger partial charge in [-0.15, -0.1) is 0 Å². The highest BCUT2D eigenvalue weighted by atomic mass is 35.5. The summed E-state index contributed by atoms with van der Waals surface area (Å²) < 4.78 is 0. The number of hydrogen-bond acceptors (Lipinski definition) is 2. The van der Waals surface area contributed by atoms with Crippen LogP contribution < -0.4 is 10.2 Å². The average Bonchev–Trinajstić information content (AvgIpc) is 2.78. The molecule has 0 bridgehead atoms. The van der Waals surface area contributed by atoms with Gasteiger partial charge in [0.05, 0.1) is 10.0 Å². The van der Waals surface area contributed by atoms with Crippen LogP contribution in [0.3, 0.4) is 0 Å². The molecule has 5 nitrogen and oxygen atoms in total. The Morgan fingerprint density at radius 2 is 1.65 bits per heavy atom. The first-order chi connectivity index (χ1) is 15.0. The van der Waals surface area contributed by atoms with Crippen LogP contribution in [0.1, 0.15) is 22.3 Å². The number of halogens is 2. The Kier molecular flexibility index (Phi) is 6.44. The molecule has 1 aliphatic rings. The number of hydrogen-bond donors (Lipinski definition) is 1. The van der Waals surface area contributed by atoms with E-state index in [-0.39, 0.29) is 11.9 Å². The smallest absolute Gasteiger partial charge is 0.322 e. The van der Waals surface area contributed by atoms with Crippen LogP contribution in [-0.2, 0) is 6.54 Å². The maximum Gasteiger partial charge on any atom is 0.324 e. The van der Waals surface area contributed by atoms with Gasteiger partial charge in [-0.2, -0.15) is 0 Å². The van der Waals surface area contributed by atoms with E-state index in [9.17, 15) is 9.59 Å². The zero-order chi connectivity index (χ0) is 21.8. The first-order valence-corrected chi connectivity index (χ1v) is 10.7. The third kappa shape index (κ3) is 5.01. The molecule has 1 aliphatic heterocycles. The summed E-state index contributed by atoms with van der Waals surface area (Å²) in [6, 6.07) is 22.0. The normalized spacial score (nSPS) is 13.9. The number of carbonyl (C=O) groups is 2. The molecule has 1 saturated heterocycles. The van der Waals surface area contributed by atoms with Crippen LogP contribution in [0.5, 0.6) is 0 Å².